The van der Waals surface area contributed by atoms with Gasteiger partial charge in [-0.1, -0.05) is 12.1 Å². The van der Waals surface area contributed by atoms with Gasteiger partial charge < -0.3 is 4.74 Å². The summed E-state index contributed by atoms with van der Waals surface area (Å²) >= 11 is 2.05. The standard InChI is InChI=1S/C18H28N2O3S2/c1-23-17-10-9-16(13-5-7-15(8-6-13)25(2,21)22)20-18(17)19-12-14-4-3-11-24-14/h5-8,14,16-20H,3-4,9-12H2,1-2H3. The van der Waals surface area contributed by atoms with Crippen molar-refractivity contribution in [1.29, 1.82) is 0 Å². The van der Waals surface area contributed by atoms with Crippen LogP contribution in [0.25, 0.3) is 0 Å². The number of nitrogens with one attached hydrogen (secondary N) is 2. The summed E-state index contributed by atoms with van der Waals surface area (Å²) in [7, 11) is -1.38. The zero-order valence-corrected chi connectivity index (χ0v) is 16.5. The van der Waals surface area contributed by atoms with Gasteiger partial charge in [0.2, 0.25) is 0 Å². The predicted molar refractivity (Wildman–Crippen MR) is 103 cm³/mol. The number of sulfone groups is 1. The van der Waals surface area contributed by atoms with E-state index in [0.717, 1.165) is 24.9 Å². The van der Waals surface area contributed by atoms with Crippen LogP contribution >= 0.6 is 11.8 Å². The second-order valence-corrected chi connectivity index (χ2v) is 10.4. The predicted octanol–water partition coefficient (Wildman–Crippen LogP) is 2.34. The molecule has 2 saturated heterocycles. The number of hydrogen-bond donors (Lipinski definition) is 2. The van der Waals surface area contributed by atoms with E-state index in [2.05, 4.69) is 22.4 Å². The summed E-state index contributed by atoms with van der Waals surface area (Å²) in [5.74, 6) is 1.27. The molecule has 0 bridgehead atoms. The fourth-order valence-electron chi connectivity index (χ4n) is 3.62. The van der Waals surface area contributed by atoms with E-state index in [1.807, 2.05) is 12.1 Å². The van der Waals surface area contributed by atoms with E-state index in [-0.39, 0.29) is 18.3 Å². The summed E-state index contributed by atoms with van der Waals surface area (Å²) in [6, 6.07) is 7.46. The molecule has 2 aliphatic rings. The van der Waals surface area contributed by atoms with Crippen LogP contribution in [0.2, 0.25) is 0 Å². The largest absolute Gasteiger partial charge is 0.378 e. The van der Waals surface area contributed by atoms with Crippen molar-refractivity contribution in [3.8, 4) is 0 Å². The molecule has 1 aromatic rings. The van der Waals surface area contributed by atoms with E-state index < -0.39 is 9.84 Å². The highest BCUT2D eigenvalue weighted by Gasteiger charge is 2.31. The van der Waals surface area contributed by atoms with Crippen LogP contribution in [-0.4, -0.2) is 51.6 Å². The number of rotatable bonds is 6. The van der Waals surface area contributed by atoms with Crippen molar-refractivity contribution in [3.05, 3.63) is 29.8 Å². The van der Waals surface area contributed by atoms with Crippen molar-refractivity contribution in [2.75, 3.05) is 25.7 Å². The van der Waals surface area contributed by atoms with Gasteiger partial charge in [-0.15, -0.1) is 0 Å². The highest BCUT2D eigenvalue weighted by molar-refractivity contribution is 8.00. The van der Waals surface area contributed by atoms with Gasteiger partial charge in [0.05, 0.1) is 17.2 Å². The van der Waals surface area contributed by atoms with E-state index in [0.29, 0.717) is 10.1 Å². The minimum absolute atomic E-state index is 0.125. The SMILES string of the molecule is COC1CCC(c2ccc(S(C)(=O)=O)cc2)NC1NCC1CCCS1. The van der Waals surface area contributed by atoms with Crippen LogP contribution in [0, 0.1) is 0 Å². The third-order valence-electron chi connectivity index (χ3n) is 5.10. The van der Waals surface area contributed by atoms with Crippen molar-refractivity contribution < 1.29 is 13.2 Å². The average molecular weight is 385 g/mol. The molecule has 0 saturated carbocycles. The second kappa shape index (κ2) is 8.39. The maximum absolute atomic E-state index is 11.6. The molecule has 5 nitrogen and oxygen atoms in total. The Kier molecular flexibility index (Phi) is 6.44. The Morgan fingerprint density at radius 3 is 2.60 bits per heavy atom. The number of methoxy groups -OCH3 is 1. The van der Waals surface area contributed by atoms with Gasteiger partial charge in [-0.25, -0.2) is 8.42 Å². The fraction of sp³-hybridized carbons (Fsp3) is 0.667. The average Bonchev–Trinajstić information content (AvgIpc) is 3.12. The molecule has 1 aromatic carbocycles. The maximum Gasteiger partial charge on any atom is 0.175 e. The van der Waals surface area contributed by atoms with Gasteiger partial charge in [0.25, 0.3) is 0 Å². The first-order chi connectivity index (χ1) is 12.0. The molecule has 2 heterocycles. The van der Waals surface area contributed by atoms with E-state index >= 15 is 0 Å². The maximum atomic E-state index is 11.6. The van der Waals surface area contributed by atoms with E-state index in [1.54, 1.807) is 19.2 Å². The van der Waals surface area contributed by atoms with Crippen LogP contribution in [-0.2, 0) is 14.6 Å². The van der Waals surface area contributed by atoms with Crippen molar-refractivity contribution in [2.24, 2.45) is 0 Å². The molecule has 2 N–H and O–H groups in total. The van der Waals surface area contributed by atoms with Crippen molar-refractivity contribution in [3.63, 3.8) is 0 Å². The minimum Gasteiger partial charge on any atom is -0.378 e. The zero-order valence-electron chi connectivity index (χ0n) is 14.9. The van der Waals surface area contributed by atoms with Gasteiger partial charge in [0.15, 0.2) is 9.84 Å². The van der Waals surface area contributed by atoms with Crippen LogP contribution in [0.15, 0.2) is 29.2 Å². The molecule has 0 spiro atoms. The quantitative estimate of drug-likeness (QED) is 0.785. The van der Waals surface area contributed by atoms with Gasteiger partial charge >= 0.3 is 0 Å². The van der Waals surface area contributed by atoms with Gasteiger partial charge in [-0.3, -0.25) is 10.6 Å². The Bertz CT molecular complexity index is 657. The van der Waals surface area contributed by atoms with E-state index in [9.17, 15) is 8.42 Å². The third-order valence-corrected chi connectivity index (χ3v) is 7.62. The molecule has 3 rings (SSSR count). The lowest BCUT2D eigenvalue weighted by Crippen LogP contribution is -2.56. The summed E-state index contributed by atoms with van der Waals surface area (Å²) in [6.45, 7) is 1.00. The van der Waals surface area contributed by atoms with Crippen LogP contribution in [0.3, 0.4) is 0 Å². The molecule has 4 atom stereocenters. The van der Waals surface area contributed by atoms with Crippen LogP contribution in [0.4, 0.5) is 0 Å². The number of thioether (sulfide) groups is 1. The summed E-state index contributed by atoms with van der Waals surface area (Å²) in [5.41, 5.74) is 1.13. The first-order valence-corrected chi connectivity index (χ1v) is 11.9. The molecule has 140 valence electrons. The molecular formula is C18H28N2O3S2. The number of hydrogen-bond acceptors (Lipinski definition) is 6. The first-order valence-electron chi connectivity index (χ1n) is 8.91. The Labute approximate surface area is 155 Å². The molecule has 2 aliphatic heterocycles. The van der Waals surface area contributed by atoms with Gasteiger partial charge in [0, 0.05) is 31.2 Å². The molecule has 25 heavy (non-hydrogen) atoms. The molecule has 0 aromatic heterocycles. The number of ether oxygens (including phenoxy) is 1. The van der Waals surface area contributed by atoms with E-state index in [1.165, 1.54) is 24.9 Å². The molecule has 0 amide bonds. The monoisotopic (exact) mass is 384 g/mol. The summed E-state index contributed by atoms with van der Waals surface area (Å²) in [5, 5.41) is 8.01. The van der Waals surface area contributed by atoms with Gasteiger partial charge in [0.1, 0.15) is 0 Å². The van der Waals surface area contributed by atoms with Gasteiger partial charge in [-0.2, -0.15) is 11.8 Å². The van der Waals surface area contributed by atoms with E-state index in [4.69, 9.17) is 4.74 Å². The summed E-state index contributed by atoms with van der Waals surface area (Å²) in [4.78, 5) is 0.370. The van der Waals surface area contributed by atoms with Crippen molar-refractivity contribution in [1.82, 2.24) is 10.6 Å². The smallest absolute Gasteiger partial charge is 0.175 e. The lowest BCUT2D eigenvalue weighted by Gasteiger charge is -2.38. The van der Waals surface area contributed by atoms with Crippen LogP contribution in [0.5, 0.6) is 0 Å². The molecule has 4 unspecified atom stereocenters. The lowest BCUT2D eigenvalue weighted by molar-refractivity contribution is 0.0220. The first kappa shape index (κ1) is 19.2. The second-order valence-electron chi connectivity index (χ2n) is 6.93. The Balaban J connectivity index is 1.64. The topological polar surface area (TPSA) is 67.4 Å². The molecule has 2 fully saturated rings. The van der Waals surface area contributed by atoms with Crippen molar-refractivity contribution >= 4 is 21.6 Å². The Morgan fingerprint density at radius 2 is 2.00 bits per heavy atom. The molecule has 0 aliphatic carbocycles. The Morgan fingerprint density at radius 1 is 1.24 bits per heavy atom. The zero-order chi connectivity index (χ0) is 17.9. The molecule has 7 heteroatoms. The number of piperidine rings is 1. The fourth-order valence-corrected chi connectivity index (χ4v) is 5.47. The lowest BCUT2D eigenvalue weighted by atomic mass is 9.94. The summed E-state index contributed by atoms with van der Waals surface area (Å²) in [6.07, 6.45) is 6.10. The van der Waals surface area contributed by atoms with Gasteiger partial charge in [-0.05, 0) is 49.1 Å². The van der Waals surface area contributed by atoms with Crippen molar-refractivity contribution in [2.45, 2.75) is 54.1 Å². The normalized spacial score (nSPS) is 30.5. The number of benzene rings is 1. The minimum atomic E-state index is -3.15. The highest BCUT2D eigenvalue weighted by Crippen LogP contribution is 2.29. The molecular weight excluding hydrogens is 356 g/mol. The van der Waals surface area contributed by atoms with Crippen LogP contribution in [0.1, 0.15) is 37.3 Å². The highest BCUT2D eigenvalue weighted by atomic mass is 32.2. The van der Waals surface area contributed by atoms with Crippen LogP contribution < -0.4 is 10.6 Å². The molecule has 0 radical (unpaired) electrons. The summed E-state index contributed by atoms with van der Waals surface area (Å²) < 4.78 is 28.9. The third kappa shape index (κ3) is 4.98. The Hall–Kier alpha value is -0.600.